The summed E-state index contributed by atoms with van der Waals surface area (Å²) in [7, 11) is -3.62. The number of nitrogens with zero attached hydrogens (tertiary/aromatic N) is 1. The van der Waals surface area contributed by atoms with Gasteiger partial charge in [-0.15, -0.1) is 0 Å². The van der Waals surface area contributed by atoms with E-state index >= 15 is 0 Å². The number of hydrogen-bond donors (Lipinski definition) is 1. The second-order valence-electron chi connectivity index (χ2n) is 8.38. The molecule has 1 N–H and O–H groups in total. The van der Waals surface area contributed by atoms with E-state index in [-0.39, 0.29) is 28.5 Å². The number of ketones is 1. The molecule has 0 aromatic heterocycles. The maximum absolute atomic E-state index is 12.9. The molecule has 2 atom stereocenters. The van der Waals surface area contributed by atoms with E-state index in [1.807, 2.05) is 6.92 Å². The van der Waals surface area contributed by atoms with Gasteiger partial charge in [0.05, 0.1) is 11.0 Å². The molecule has 2 heterocycles. The molecule has 30 heavy (non-hydrogen) atoms. The van der Waals surface area contributed by atoms with Crippen molar-refractivity contribution in [2.75, 3.05) is 19.7 Å². The van der Waals surface area contributed by atoms with Crippen LogP contribution < -0.4 is 5.32 Å². The number of ether oxygens (including phenoxy) is 1. The minimum atomic E-state index is -3.62. The topological polar surface area (TPSA) is 92.8 Å². The Balaban J connectivity index is 1.48. The summed E-state index contributed by atoms with van der Waals surface area (Å²) in [6.45, 7) is 4.94. The molecule has 1 amide bonds. The molecule has 0 bridgehead atoms. The number of amides is 1. The van der Waals surface area contributed by atoms with Crippen LogP contribution in [0.4, 0.5) is 0 Å². The summed E-state index contributed by atoms with van der Waals surface area (Å²) in [4.78, 5) is 24.2. The lowest BCUT2D eigenvalue weighted by atomic mass is 9.96. The number of piperidine rings is 1. The van der Waals surface area contributed by atoms with E-state index in [0.717, 1.165) is 32.3 Å². The van der Waals surface area contributed by atoms with Crippen molar-refractivity contribution in [1.29, 1.82) is 0 Å². The molecule has 2 fully saturated rings. The van der Waals surface area contributed by atoms with Crippen molar-refractivity contribution in [3.05, 3.63) is 29.8 Å². The van der Waals surface area contributed by atoms with Crippen LogP contribution in [0.25, 0.3) is 0 Å². The number of benzene rings is 1. The van der Waals surface area contributed by atoms with Crippen LogP contribution in [0.1, 0.15) is 62.7 Å². The number of carbonyl (C=O) groups is 2. The van der Waals surface area contributed by atoms with Gasteiger partial charge < -0.3 is 10.1 Å². The molecule has 3 rings (SSSR count). The minimum Gasteiger partial charge on any atom is -0.378 e. The zero-order chi connectivity index (χ0) is 21.7. The molecule has 7 nitrogen and oxygen atoms in total. The fourth-order valence-corrected chi connectivity index (χ4v) is 5.58. The highest BCUT2D eigenvalue weighted by molar-refractivity contribution is 7.89. The number of rotatable bonds is 8. The minimum absolute atomic E-state index is 0.0118. The van der Waals surface area contributed by atoms with E-state index < -0.39 is 10.0 Å². The molecule has 1 aromatic rings. The van der Waals surface area contributed by atoms with Gasteiger partial charge in [0.25, 0.3) is 0 Å². The largest absolute Gasteiger partial charge is 0.378 e. The Bertz CT molecular complexity index is 839. The summed E-state index contributed by atoms with van der Waals surface area (Å²) in [6, 6.07) is 6.10. The summed E-state index contributed by atoms with van der Waals surface area (Å²) in [5.74, 6) is -0.254. The maximum atomic E-state index is 12.9. The van der Waals surface area contributed by atoms with E-state index in [4.69, 9.17) is 4.74 Å². The van der Waals surface area contributed by atoms with Gasteiger partial charge in [-0.3, -0.25) is 9.59 Å². The molecule has 0 saturated carbocycles. The van der Waals surface area contributed by atoms with Gasteiger partial charge in [-0.2, -0.15) is 4.31 Å². The van der Waals surface area contributed by atoms with Crippen LogP contribution in [-0.2, 0) is 19.6 Å². The number of carbonyl (C=O) groups excluding carboxylic acids is 2. The third-order valence-corrected chi connectivity index (χ3v) is 7.97. The van der Waals surface area contributed by atoms with E-state index in [1.165, 1.54) is 35.5 Å². The Hall–Kier alpha value is -1.77. The fraction of sp³-hybridized carbons (Fsp3) is 0.636. The summed E-state index contributed by atoms with van der Waals surface area (Å²) in [5, 5.41) is 3.08. The SMILES string of the molecule is CC(=O)c1ccc(S(=O)(=O)N2CCC(C(=O)NC(C)CCC3CCCO3)CC2)cc1. The lowest BCUT2D eigenvalue weighted by Gasteiger charge is -2.31. The summed E-state index contributed by atoms with van der Waals surface area (Å²) in [5.41, 5.74) is 0.484. The van der Waals surface area contributed by atoms with Crippen LogP contribution >= 0.6 is 0 Å². The normalized spacial score (nSPS) is 22.0. The van der Waals surface area contributed by atoms with Gasteiger partial charge in [0.15, 0.2) is 5.78 Å². The van der Waals surface area contributed by atoms with Gasteiger partial charge in [-0.1, -0.05) is 12.1 Å². The Labute approximate surface area is 179 Å². The van der Waals surface area contributed by atoms with Crippen molar-refractivity contribution in [1.82, 2.24) is 9.62 Å². The van der Waals surface area contributed by atoms with Gasteiger partial charge in [-0.05, 0) is 64.5 Å². The first kappa shape index (κ1) is 22.9. The summed E-state index contributed by atoms with van der Waals surface area (Å²) in [6.07, 6.45) is 5.41. The quantitative estimate of drug-likeness (QED) is 0.633. The molecule has 2 aliphatic heterocycles. The molecule has 8 heteroatoms. The van der Waals surface area contributed by atoms with Crippen LogP contribution in [0.3, 0.4) is 0 Å². The highest BCUT2D eigenvalue weighted by Gasteiger charge is 2.32. The highest BCUT2D eigenvalue weighted by atomic mass is 32.2. The van der Waals surface area contributed by atoms with Gasteiger partial charge in [0, 0.05) is 37.2 Å². The fourth-order valence-electron chi connectivity index (χ4n) is 4.11. The Morgan fingerprint density at radius 2 is 1.83 bits per heavy atom. The number of nitrogens with one attached hydrogen (secondary N) is 1. The number of Topliss-reactive ketones (excluding diaryl/α,β-unsaturated/α-hetero) is 1. The van der Waals surface area contributed by atoms with Gasteiger partial charge in [-0.25, -0.2) is 8.42 Å². The van der Waals surface area contributed by atoms with Gasteiger partial charge in [0.2, 0.25) is 15.9 Å². The predicted octanol–water partition coefficient (Wildman–Crippen LogP) is 2.75. The van der Waals surface area contributed by atoms with E-state index in [2.05, 4.69) is 5.32 Å². The second kappa shape index (κ2) is 10.0. The van der Waals surface area contributed by atoms with Crippen LogP contribution in [0.5, 0.6) is 0 Å². The van der Waals surface area contributed by atoms with Crippen molar-refractivity contribution in [2.24, 2.45) is 5.92 Å². The summed E-state index contributed by atoms with van der Waals surface area (Å²) < 4.78 is 32.8. The molecule has 0 spiro atoms. The zero-order valence-corrected chi connectivity index (χ0v) is 18.6. The van der Waals surface area contributed by atoms with Crippen molar-refractivity contribution < 1.29 is 22.7 Å². The third-order valence-electron chi connectivity index (χ3n) is 6.06. The van der Waals surface area contributed by atoms with Crippen molar-refractivity contribution in [3.8, 4) is 0 Å². The molecule has 2 aliphatic rings. The van der Waals surface area contributed by atoms with E-state index in [9.17, 15) is 18.0 Å². The van der Waals surface area contributed by atoms with Crippen LogP contribution in [0.2, 0.25) is 0 Å². The summed E-state index contributed by atoms with van der Waals surface area (Å²) >= 11 is 0. The van der Waals surface area contributed by atoms with Crippen LogP contribution in [0, 0.1) is 5.92 Å². The first-order chi connectivity index (χ1) is 14.3. The molecule has 2 unspecified atom stereocenters. The third kappa shape index (κ3) is 5.68. The average molecular weight is 437 g/mol. The highest BCUT2D eigenvalue weighted by Crippen LogP contribution is 2.25. The van der Waals surface area contributed by atoms with E-state index in [0.29, 0.717) is 37.6 Å². The molecule has 166 valence electrons. The molecular weight excluding hydrogens is 404 g/mol. The predicted molar refractivity (Wildman–Crippen MR) is 114 cm³/mol. The second-order valence-corrected chi connectivity index (χ2v) is 10.3. The van der Waals surface area contributed by atoms with Crippen LogP contribution in [-0.4, -0.2) is 56.3 Å². The Kier molecular flexibility index (Phi) is 7.65. The monoisotopic (exact) mass is 436 g/mol. The smallest absolute Gasteiger partial charge is 0.243 e. The van der Waals surface area contributed by atoms with Crippen molar-refractivity contribution >= 4 is 21.7 Å². The average Bonchev–Trinajstić information content (AvgIpc) is 3.26. The zero-order valence-electron chi connectivity index (χ0n) is 17.8. The molecular formula is C22H32N2O5S. The Morgan fingerprint density at radius 1 is 1.17 bits per heavy atom. The van der Waals surface area contributed by atoms with Crippen molar-refractivity contribution in [2.45, 2.75) is 69.4 Å². The van der Waals surface area contributed by atoms with Gasteiger partial charge >= 0.3 is 0 Å². The van der Waals surface area contributed by atoms with Crippen molar-refractivity contribution in [3.63, 3.8) is 0 Å². The standard InChI is InChI=1S/C22H32N2O5S/c1-16(5-8-20-4-3-15-29-20)23-22(26)19-11-13-24(14-12-19)30(27,28)21-9-6-18(7-10-21)17(2)25/h6-7,9-10,16,19-20H,3-5,8,11-15H2,1-2H3,(H,23,26). The lowest BCUT2D eigenvalue weighted by molar-refractivity contribution is -0.126. The number of sulfonamides is 1. The first-order valence-corrected chi connectivity index (χ1v) is 12.2. The Morgan fingerprint density at radius 3 is 2.40 bits per heavy atom. The van der Waals surface area contributed by atoms with E-state index in [1.54, 1.807) is 0 Å². The van der Waals surface area contributed by atoms with Crippen LogP contribution in [0.15, 0.2) is 29.2 Å². The molecule has 1 aromatic carbocycles. The lowest BCUT2D eigenvalue weighted by Crippen LogP contribution is -2.44. The first-order valence-electron chi connectivity index (χ1n) is 10.8. The molecule has 0 aliphatic carbocycles. The molecule has 0 radical (unpaired) electrons. The maximum Gasteiger partial charge on any atom is 0.243 e. The molecule has 2 saturated heterocycles. The number of hydrogen-bond acceptors (Lipinski definition) is 5. The van der Waals surface area contributed by atoms with Gasteiger partial charge in [0.1, 0.15) is 0 Å².